The molecule has 1 aromatic carbocycles. The summed E-state index contributed by atoms with van der Waals surface area (Å²) in [5, 5.41) is 13.8. The number of nitrogens with zero attached hydrogens (tertiary/aromatic N) is 1. The van der Waals surface area contributed by atoms with Crippen LogP contribution in [0.25, 0.3) is 0 Å². The van der Waals surface area contributed by atoms with Crippen LogP contribution >= 0.6 is 11.6 Å². The van der Waals surface area contributed by atoms with Crippen molar-refractivity contribution in [2.24, 2.45) is 28.6 Å². The minimum atomic E-state index is -2.29. The Bertz CT molecular complexity index is 1370. The number of Topliss-reactive ketones (excluding diaryl/α,β-unsaturated/α-hetero) is 1. The number of hydroxylamine groups is 1. The number of allylic oxidation sites excluding steroid dienone is 4. The maximum Gasteiger partial charge on any atom is 0.508 e. The zero-order valence-corrected chi connectivity index (χ0v) is 23.7. The zero-order chi connectivity index (χ0) is 29.5. The van der Waals surface area contributed by atoms with E-state index in [1.165, 1.54) is 19.1 Å². The van der Waals surface area contributed by atoms with E-state index in [4.69, 9.17) is 21.2 Å². The molecular formula is C30H32ClF2NO7. The fourth-order valence-electron chi connectivity index (χ4n) is 8.80. The highest BCUT2D eigenvalue weighted by Gasteiger charge is 2.79. The van der Waals surface area contributed by atoms with E-state index >= 15 is 8.78 Å². The zero-order valence-electron chi connectivity index (χ0n) is 22.9. The third kappa shape index (κ3) is 3.66. The minimum Gasteiger partial charge on any atom is -0.438 e. The van der Waals surface area contributed by atoms with Crippen LogP contribution < -0.4 is 5.06 Å². The van der Waals surface area contributed by atoms with Crippen LogP contribution in [0.2, 0.25) is 5.02 Å². The molecule has 9 atom stereocenters. The molecule has 6 rings (SSSR count). The summed E-state index contributed by atoms with van der Waals surface area (Å²) in [5.41, 5.74) is -5.91. The van der Waals surface area contributed by atoms with Gasteiger partial charge in [0.05, 0.1) is 25.4 Å². The number of alkyl halides is 2. The fraction of sp³-hybridized carbons (Fsp3) is 0.567. The van der Waals surface area contributed by atoms with Gasteiger partial charge in [0, 0.05) is 27.7 Å². The van der Waals surface area contributed by atoms with Crippen molar-refractivity contribution in [1.29, 1.82) is 0 Å². The van der Waals surface area contributed by atoms with E-state index in [2.05, 4.69) is 4.74 Å². The van der Waals surface area contributed by atoms with Gasteiger partial charge in [0.15, 0.2) is 23.7 Å². The lowest BCUT2D eigenvalue weighted by molar-refractivity contribution is -0.228. The number of aliphatic hydroxyl groups is 1. The van der Waals surface area contributed by atoms with Crippen LogP contribution in [-0.4, -0.2) is 66.6 Å². The van der Waals surface area contributed by atoms with Gasteiger partial charge in [-0.2, -0.15) is 0 Å². The quantitative estimate of drug-likeness (QED) is 0.502. The van der Waals surface area contributed by atoms with Crippen molar-refractivity contribution >= 4 is 35.0 Å². The van der Waals surface area contributed by atoms with E-state index in [1.807, 2.05) is 0 Å². The van der Waals surface area contributed by atoms with Crippen molar-refractivity contribution in [3.8, 4) is 0 Å². The lowest BCUT2D eigenvalue weighted by atomic mass is 9.44. The average molecular weight is 592 g/mol. The molecule has 1 aromatic rings. The number of fused-ring (bicyclic) bond motifs is 7. The van der Waals surface area contributed by atoms with E-state index in [-0.39, 0.29) is 25.0 Å². The number of ketones is 2. The molecule has 0 spiro atoms. The van der Waals surface area contributed by atoms with E-state index < -0.39 is 76.5 Å². The number of hydrogen-bond donors (Lipinski definition) is 1. The molecule has 5 aliphatic rings. The molecule has 1 N–H and O–H groups in total. The van der Waals surface area contributed by atoms with Crippen molar-refractivity contribution < 1.29 is 42.6 Å². The number of halogens is 3. The van der Waals surface area contributed by atoms with Crippen LogP contribution in [0.5, 0.6) is 0 Å². The lowest BCUT2D eigenvalue weighted by Crippen LogP contribution is -2.70. The maximum absolute atomic E-state index is 17.6. The fourth-order valence-corrected chi connectivity index (χ4v) is 8.93. The van der Waals surface area contributed by atoms with Crippen molar-refractivity contribution in [3.05, 3.63) is 53.1 Å². The molecule has 0 unspecified atom stereocenters. The predicted octanol–water partition coefficient (Wildman–Crippen LogP) is 4.73. The summed E-state index contributed by atoms with van der Waals surface area (Å²) in [7, 11) is 1.13. The first-order valence-electron chi connectivity index (χ1n) is 13.7. The van der Waals surface area contributed by atoms with Crippen LogP contribution in [-0.2, 0) is 23.9 Å². The largest absolute Gasteiger partial charge is 0.508 e. The Labute approximate surface area is 241 Å². The van der Waals surface area contributed by atoms with Gasteiger partial charge in [0.1, 0.15) is 6.17 Å². The summed E-state index contributed by atoms with van der Waals surface area (Å²) in [6.45, 7) is 2.92. The molecule has 41 heavy (non-hydrogen) atoms. The average Bonchev–Trinajstić information content (AvgIpc) is 3.44. The summed E-state index contributed by atoms with van der Waals surface area (Å²) >= 11 is 6.07. The number of methoxy groups -OCH3 is 1. The normalized spacial score (nSPS) is 42.5. The maximum atomic E-state index is 17.6. The van der Waals surface area contributed by atoms with Gasteiger partial charge in [-0.1, -0.05) is 24.6 Å². The second kappa shape index (κ2) is 9.34. The van der Waals surface area contributed by atoms with Crippen molar-refractivity contribution in [2.45, 2.75) is 56.7 Å². The lowest BCUT2D eigenvalue weighted by Gasteiger charge is -2.63. The minimum absolute atomic E-state index is 0.0343. The Hall–Kier alpha value is -2.82. The molecule has 1 heterocycles. The van der Waals surface area contributed by atoms with Crippen LogP contribution in [0, 0.1) is 28.6 Å². The monoisotopic (exact) mass is 591 g/mol. The van der Waals surface area contributed by atoms with Gasteiger partial charge in [-0.15, -0.1) is 0 Å². The standard InChI is InChI=1S/C30H32ClF2NO7/c1-27-9-8-19(35)11-22(27)23(32)12-21-20-10-16-14-34(18-6-4-17(31)5-7-18)41-30(16,25(37)15-40-26(38)39-3)28(20,2)13-24(36)29(21,27)33/h4-9,11,16,20-21,23-24,36H,10,12-15H2,1-3H3/t16-,20-,21-,23-,24-,27-,28-,29-,30-/m0/s1. The van der Waals surface area contributed by atoms with Crippen LogP contribution in [0.1, 0.15) is 33.1 Å². The summed E-state index contributed by atoms with van der Waals surface area (Å²) in [6.07, 6.45) is -0.575. The van der Waals surface area contributed by atoms with Gasteiger partial charge in [-0.05, 0) is 74.1 Å². The van der Waals surface area contributed by atoms with Gasteiger partial charge in [0.2, 0.25) is 5.78 Å². The third-order valence-corrected chi connectivity index (χ3v) is 10.9. The first-order valence-corrected chi connectivity index (χ1v) is 14.1. The predicted molar refractivity (Wildman–Crippen MR) is 143 cm³/mol. The van der Waals surface area contributed by atoms with Gasteiger partial charge in [-0.3, -0.25) is 19.5 Å². The third-order valence-electron chi connectivity index (χ3n) is 10.6. The summed E-state index contributed by atoms with van der Waals surface area (Å²) in [6, 6.07) is 6.87. The SMILES string of the molecule is COC(=O)OCC(=O)[C@@]12ON(c3ccc(Cl)cc3)C[C@@H]1C[C@H]1[C@@H]3C[C@H](F)C4=CC(=O)C=C[C@]4(C)[C@@]3(F)[C@@H](O)C[C@@]12C. The summed E-state index contributed by atoms with van der Waals surface area (Å²) in [4.78, 5) is 44.5. The Kier molecular flexibility index (Phi) is 6.45. The molecule has 3 saturated carbocycles. The topological polar surface area (TPSA) is 102 Å². The first-order chi connectivity index (χ1) is 19.3. The number of ether oxygens (including phenoxy) is 2. The highest BCUT2D eigenvalue weighted by Crippen LogP contribution is 2.72. The second-order valence-corrected chi connectivity index (χ2v) is 12.8. The van der Waals surface area contributed by atoms with Crippen molar-refractivity contribution in [1.82, 2.24) is 0 Å². The number of benzene rings is 1. The Morgan fingerprint density at radius 2 is 1.90 bits per heavy atom. The van der Waals surface area contributed by atoms with Crippen LogP contribution in [0.3, 0.4) is 0 Å². The van der Waals surface area contributed by atoms with E-state index in [1.54, 1.807) is 36.3 Å². The molecule has 0 bridgehead atoms. The number of aliphatic hydroxyl groups excluding tert-OH is 1. The molecule has 8 nitrogen and oxygen atoms in total. The molecule has 0 aromatic heterocycles. The number of rotatable bonds is 4. The number of hydrogen-bond acceptors (Lipinski definition) is 8. The molecule has 11 heteroatoms. The van der Waals surface area contributed by atoms with Gasteiger partial charge >= 0.3 is 6.16 Å². The van der Waals surface area contributed by atoms with E-state index in [0.717, 1.165) is 13.2 Å². The number of carbonyl (C=O) groups excluding carboxylic acids is 3. The first kappa shape index (κ1) is 28.3. The molecule has 1 aliphatic heterocycles. The number of anilines is 1. The molecule has 4 fully saturated rings. The molecular weight excluding hydrogens is 560 g/mol. The second-order valence-electron chi connectivity index (χ2n) is 12.3. The highest BCUT2D eigenvalue weighted by molar-refractivity contribution is 6.30. The molecule has 0 amide bonds. The van der Waals surface area contributed by atoms with Crippen LogP contribution in [0.4, 0.5) is 19.3 Å². The van der Waals surface area contributed by atoms with Gasteiger partial charge < -0.3 is 14.6 Å². The Morgan fingerprint density at radius 3 is 2.59 bits per heavy atom. The highest BCUT2D eigenvalue weighted by atomic mass is 35.5. The molecule has 0 radical (unpaired) electrons. The van der Waals surface area contributed by atoms with Crippen molar-refractivity contribution in [2.75, 3.05) is 25.3 Å². The Morgan fingerprint density at radius 1 is 1.20 bits per heavy atom. The number of carbonyl (C=O) groups is 3. The molecule has 4 aliphatic carbocycles. The van der Waals surface area contributed by atoms with Gasteiger partial charge in [0.25, 0.3) is 0 Å². The molecule has 1 saturated heterocycles. The smallest absolute Gasteiger partial charge is 0.438 e. The van der Waals surface area contributed by atoms with E-state index in [0.29, 0.717) is 17.1 Å². The molecule has 220 valence electrons. The summed E-state index contributed by atoms with van der Waals surface area (Å²) < 4.78 is 43.0. The van der Waals surface area contributed by atoms with Crippen molar-refractivity contribution in [3.63, 3.8) is 0 Å². The van der Waals surface area contributed by atoms with Crippen LogP contribution in [0.15, 0.2) is 48.1 Å². The Balaban J connectivity index is 1.43. The summed E-state index contributed by atoms with van der Waals surface area (Å²) in [5.74, 6) is -2.98. The van der Waals surface area contributed by atoms with Gasteiger partial charge in [-0.25, -0.2) is 13.6 Å². The van der Waals surface area contributed by atoms with E-state index in [9.17, 15) is 19.5 Å².